The van der Waals surface area contributed by atoms with E-state index in [0.29, 0.717) is 18.8 Å². The van der Waals surface area contributed by atoms with E-state index in [4.69, 9.17) is 4.74 Å². The molecule has 1 saturated heterocycles. The summed E-state index contributed by atoms with van der Waals surface area (Å²) in [6.45, 7) is 1.57. The number of carbonyl (C=O) groups excluding carboxylic acids is 1. The van der Waals surface area contributed by atoms with Gasteiger partial charge < -0.3 is 14.7 Å². The molecular formula is C21H29NO4. The Balaban J connectivity index is 1.51. The standard InChI is InChI=1S/C21H29NO4/c1-26-19-8-3-2-5-16(19)13-15-9-11-22(12-10-15)20(23)17-6-4-7-18(14-17)21(24)25/h2-3,5,8,15,17-18H,4,6-7,9-14H2,1H3,(H,24,25). The highest BCUT2D eigenvalue weighted by molar-refractivity contribution is 5.80. The zero-order chi connectivity index (χ0) is 18.5. The number of para-hydroxylation sites is 1. The van der Waals surface area contributed by atoms with Crippen LogP contribution in [0.25, 0.3) is 0 Å². The van der Waals surface area contributed by atoms with Gasteiger partial charge in [0.2, 0.25) is 5.91 Å². The molecule has 1 aliphatic heterocycles. The molecule has 3 rings (SSSR count). The number of carboxylic acids is 1. The van der Waals surface area contributed by atoms with Crippen LogP contribution in [-0.2, 0) is 16.0 Å². The fraction of sp³-hybridized carbons (Fsp3) is 0.619. The third-order valence-corrected chi connectivity index (χ3v) is 6.00. The van der Waals surface area contributed by atoms with Gasteiger partial charge >= 0.3 is 5.97 Å². The van der Waals surface area contributed by atoms with E-state index >= 15 is 0 Å². The molecule has 2 atom stereocenters. The van der Waals surface area contributed by atoms with E-state index in [1.165, 1.54) is 5.56 Å². The van der Waals surface area contributed by atoms with Crippen molar-refractivity contribution in [1.29, 1.82) is 0 Å². The number of nitrogens with zero attached hydrogens (tertiary/aromatic N) is 1. The molecule has 1 N–H and O–H groups in total. The summed E-state index contributed by atoms with van der Waals surface area (Å²) in [5, 5.41) is 9.23. The quantitative estimate of drug-likeness (QED) is 0.875. The summed E-state index contributed by atoms with van der Waals surface area (Å²) in [5.41, 5.74) is 1.23. The molecule has 2 aliphatic rings. The number of amides is 1. The smallest absolute Gasteiger partial charge is 0.306 e. The lowest BCUT2D eigenvalue weighted by Crippen LogP contribution is -2.43. The molecule has 0 radical (unpaired) electrons. The Bertz CT molecular complexity index is 637. The lowest BCUT2D eigenvalue weighted by Gasteiger charge is -2.36. The zero-order valence-corrected chi connectivity index (χ0v) is 15.5. The number of rotatable bonds is 5. The summed E-state index contributed by atoms with van der Waals surface area (Å²) in [6, 6.07) is 8.14. The van der Waals surface area contributed by atoms with Gasteiger partial charge in [0.15, 0.2) is 0 Å². The number of hydrogen-bond acceptors (Lipinski definition) is 3. The summed E-state index contributed by atoms with van der Waals surface area (Å²) in [4.78, 5) is 26.0. The monoisotopic (exact) mass is 359 g/mol. The van der Waals surface area contributed by atoms with Crippen molar-refractivity contribution in [2.75, 3.05) is 20.2 Å². The molecule has 1 saturated carbocycles. The van der Waals surface area contributed by atoms with Gasteiger partial charge in [-0.2, -0.15) is 0 Å². The summed E-state index contributed by atoms with van der Waals surface area (Å²) < 4.78 is 5.44. The van der Waals surface area contributed by atoms with Gasteiger partial charge in [0.25, 0.3) is 0 Å². The molecule has 1 aliphatic carbocycles. The van der Waals surface area contributed by atoms with E-state index < -0.39 is 5.97 Å². The van der Waals surface area contributed by atoms with E-state index in [1.807, 2.05) is 23.1 Å². The zero-order valence-electron chi connectivity index (χ0n) is 15.5. The van der Waals surface area contributed by atoms with Gasteiger partial charge in [-0.25, -0.2) is 0 Å². The van der Waals surface area contributed by atoms with Crippen LogP contribution in [0.4, 0.5) is 0 Å². The maximum Gasteiger partial charge on any atom is 0.306 e. The van der Waals surface area contributed by atoms with Crippen LogP contribution in [0.5, 0.6) is 5.75 Å². The van der Waals surface area contributed by atoms with E-state index in [0.717, 1.165) is 50.9 Å². The lowest BCUT2D eigenvalue weighted by molar-refractivity contribution is -0.145. The fourth-order valence-corrected chi connectivity index (χ4v) is 4.44. The van der Waals surface area contributed by atoms with Crippen LogP contribution in [0.2, 0.25) is 0 Å². The SMILES string of the molecule is COc1ccccc1CC1CCN(C(=O)C2CCCC(C(=O)O)C2)CC1. The molecule has 1 aromatic carbocycles. The highest BCUT2D eigenvalue weighted by atomic mass is 16.5. The highest BCUT2D eigenvalue weighted by Gasteiger charge is 2.34. The number of piperidine rings is 1. The summed E-state index contributed by atoms with van der Waals surface area (Å²) in [6.07, 6.45) is 5.88. The maximum absolute atomic E-state index is 12.8. The molecule has 142 valence electrons. The molecule has 2 fully saturated rings. The van der Waals surface area contributed by atoms with Crippen LogP contribution >= 0.6 is 0 Å². The Morgan fingerprint density at radius 3 is 2.50 bits per heavy atom. The van der Waals surface area contributed by atoms with Gasteiger partial charge in [-0.1, -0.05) is 24.6 Å². The Labute approximate surface area is 155 Å². The van der Waals surface area contributed by atoms with Gasteiger partial charge in [0.05, 0.1) is 13.0 Å². The second-order valence-electron chi connectivity index (χ2n) is 7.68. The maximum atomic E-state index is 12.8. The second-order valence-corrected chi connectivity index (χ2v) is 7.68. The molecule has 1 aromatic rings. The van der Waals surface area contributed by atoms with Crippen molar-refractivity contribution in [3.05, 3.63) is 29.8 Å². The van der Waals surface area contributed by atoms with Crippen molar-refractivity contribution in [2.24, 2.45) is 17.8 Å². The molecule has 5 heteroatoms. The summed E-state index contributed by atoms with van der Waals surface area (Å²) >= 11 is 0. The predicted octanol–water partition coefficient (Wildman–Crippen LogP) is 3.37. The largest absolute Gasteiger partial charge is 0.496 e. The molecule has 0 spiro atoms. The van der Waals surface area contributed by atoms with E-state index in [2.05, 4.69) is 6.07 Å². The van der Waals surface area contributed by atoms with Crippen molar-refractivity contribution in [1.82, 2.24) is 4.90 Å². The van der Waals surface area contributed by atoms with Crippen molar-refractivity contribution in [3.8, 4) is 5.75 Å². The van der Waals surface area contributed by atoms with Gasteiger partial charge in [0.1, 0.15) is 5.75 Å². The fourth-order valence-electron chi connectivity index (χ4n) is 4.44. The first-order valence-electron chi connectivity index (χ1n) is 9.72. The Hall–Kier alpha value is -2.04. The van der Waals surface area contributed by atoms with Crippen LogP contribution in [0.3, 0.4) is 0 Å². The summed E-state index contributed by atoms with van der Waals surface area (Å²) in [7, 11) is 1.70. The van der Waals surface area contributed by atoms with Crippen molar-refractivity contribution < 1.29 is 19.4 Å². The first-order chi connectivity index (χ1) is 12.6. The van der Waals surface area contributed by atoms with Gasteiger partial charge in [-0.05, 0) is 56.1 Å². The molecule has 1 amide bonds. The van der Waals surface area contributed by atoms with Gasteiger partial charge in [-0.15, -0.1) is 0 Å². The predicted molar refractivity (Wildman–Crippen MR) is 99.1 cm³/mol. The number of carbonyl (C=O) groups is 2. The number of methoxy groups -OCH3 is 1. The Morgan fingerprint density at radius 2 is 1.81 bits per heavy atom. The number of carboxylic acid groups (broad SMARTS) is 1. The molecule has 2 unspecified atom stereocenters. The van der Waals surface area contributed by atoms with E-state index in [9.17, 15) is 14.7 Å². The molecule has 26 heavy (non-hydrogen) atoms. The lowest BCUT2D eigenvalue weighted by atomic mass is 9.80. The van der Waals surface area contributed by atoms with Crippen LogP contribution in [0.1, 0.15) is 44.1 Å². The van der Waals surface area contributed by atoms with E-state index in [-0.39, 0.29) is 17.7 Å². The van der Waals surface area contributed by atoms with Crippen molar-refractivity contribution in [2.45, 2.75) is 44.9 Å². The topological polar surface area (TPSA) is 66.8 Å². The van der Waals surface area contributed by atoms with Crippen LogP contribution in [0, 0.1) is 17.8 Å². The Morgan fingerprint density at radius 1 is 1.12 bits per heavy atom. The Kier molecular flexibility index (Phi) is 6.17. The number of benzene rings is 1. The van der Waals surface area contributed by atoms with Crippen LogP contribution in [0.15, 0.2) is 24.3 Å². The van der Waals surface area contributed by atoms with Gasteiger partial charge in [0, 0.05) is 19.0 Å². The first-order valence-corrected chi connectivity index (χ1v) is 9.72. The number of ether oxygens (including phenoxy) is 1. The summed E-state index contributed by atoms with van der Waals surface area (Å²) in [5.74, 6) is 0.475. The van der Waals surface area contributed by atoms with Crippen molar-refractivity contribution >= 4 is 11.9 Å². The third kappa shape index (κ3) is 4.37. The van der Waals surface area contributed by atoms with E-state index in [1.54, 1.807) is 7.11 Å². The van der Waals surface area contributed by atoms with Crippen LogP contribution < -0.4 is 4.74 Å². The molecule has 1 heterocycles. The van der Waals surface area contributed by atoms with Crippen LogP contribution in [-0.4, -0.2) is 42.1 Å². The number of aliphatic carboxylic acids is 1. The third-order valence-electron chi connectivity index (χ3n) is 6.00. The molecule has 5 nitrogen and oxygen atoms in total. The minimum absolute atomic E-state index is 0.101. The number of hydrogen-bond donors (Lipinski definition) is 1. The average molecular weight is 359 g/mol. The number of likely N-dealkylation sites (tertiary alicyclic amines) is 1. The first kappa shape index (κ1) is 18.7. The molecule has 0 aromatic heterocycles. The highest BCUT2D eigenvalue weighted by Crippen LogP contribution is 2.32. The molecular weight excluding hydrogens is 330 g/mol. The normalized spacial score (nSPS) is 24.3. The minimum atomic E-state index is -0.752. The average Bonchev–Trinajstić information content (AvgIpc) is 2.68. The minimum Gasteiger partial charge on any atom is -0.496 e. The molecule has 0 bridgehead atoms. The van der Waals surface area contributed by atoms with Gasteiger partial charge in [-0.3, -0.25) is 9.59 Å². The van der Waals surface area contributed by atoms with Crippen molar-refractivity contribution in [3.63, 3.8) is 0 Å². The second kappa shape index (κ2) is 8.56.